The lowest BCUT2D eigenvalue weighted by molar-refractivity contribution is 0.588. The van der Waals surface area contributed by atoms with Gasteiger partial charge in [-0.05, 0) is 111 Å². The van der Waals surface area contributed by atoms with Crippen LogP contribution in [-0.2, 0) is 11.8 Å². The average Bonchev–Trinajstić information content (AvgIpc) is 4.17. The molecule has 1 aliphatic rings. The third kappa shape index (κ3) is 7.04. The second-order valence-electron chi connectivity index (χ2n) is 16.3. The van der Waals surface area contributed by atoms with Crippen molar-refractivity contribution in [3.63, 3.8) is 0 Å². The first-order chi connectivity index (χ1) is 37.8. The molecular weight excluding hydrogens is 765 g/mol. The van der Waals surface area contributed by atoms with Crippen molar-refractivity contribution in [2.24, 2.45) is 0 Å². The van der Waals surface area contributed by atoms with Gasteiger partial charge in [-0.25, -0.2) is 4.98 Å². The van der Waals surface area contributed by atoms with Gasteiger partial charge in [0.05, 0.1) is 48.7 Å². The monoisotopic (exact) mass is 829 g/mol. The molecular formula is C59H48N4. The standard InChI is InChI=1S/C59H48N4/c1-59(2,3)47-32-33-60-57(39-47)63-53-27-14-13-26-49(53)50-31-30-42(36-56(50)63)34-41-18-17-25-48(35-41)61-40-62(55-29-16-15-28-54(55)61)58-51(44-21-9-5-10-22-44)37-46(43-19-7-4-8-20-43)38-52(58)45-23-11-6-12-24-45/h4-33,35-39H,34,40H2,1-3H3/i4D,5D,6D,7D,8D,9D,10D,11D,12D,19D,20D,21D,22D,23D,24D,34D2. The molecule has 8 aromatic carbocycles. The number of hydrogen-bond acceptors (Lipinski definition) is 3. The molecule has 10 aromatic rings. The fourth-order valence-corrected chi connectivity index (χ4v) is 8.46. The third-order valence-corrected chi connectivity index (χ3v) is 11.4. The Kier molecular flexibility index (Phi) is 5.98. The number of fused-ring (bicyclic) bond motifs is 4. The second-order valence-corrected chi connectivity index (χ2v) is 16.3. The molecule has 0 atom stereocenters. The van der Waals surface area contributed by atoms with Crippen molar-refractivity contribution in [2.45, 2.75) is 32.6 Å². The maximum Gasteiger partial charge on any atom is 0.137 e. The molecule has 11 rings (SSSR count). The van der Waals surface area contributed by atoms with Crippen LogP contribution in [0.5, 0.6) is 0 Å². The summed E-state index contributed by atoms with van der Waals surface area (Å²) in [4.78, 5) is 8.37. The number of aromatic nitrogens is 2. The predicted molar refractivity (Wildman–Crippen MR) is 265 cm³/mol. The van der Waals surface area contributed by atoms with Crippen molar-refractivity contribution in [3.8, 4) is 39.2 Å². The quantitative estimate of drug-likeness (QED) is 0.152. The molecule has 0 N–H and O–H groups in total. The first-order valence-corrected chi connectivity index (χ1v) is 20.5. The molecule has 0 amide bonds. The zero-order valence-corrected chi connectivity index (χ0v) is 34.5. The van der Waals surface area contributed by atoms with Gasteiger partial charge in [-0.2, -0.15) is 0 Å². The number of benzene rings is 8. The molecule has 3 heterocycles. The molecule has 2 aromatic heterocycles. The third-order valence-electron chi connectivity index (χ3n) is 11.4. The summed E-state index contributed by atoms with van der Waals surface area (Å²) < 4.78 is 155. The molecule has 0 fully saturated rings. The lowest BCUT2D eigenvalue weighted by Gasteiger charge is -2.28. The summed E-state index contributed by atoms with van der Waals surface area (Å²) in [6.45, 7) is 6.25. The predicted octanol–water partition coefficient (Wildman–Crippen LogP) is 15.3. The van der Waals surface area contributed by atoms with Crippen LogP contribution in [-0.4, -0.2) is 16.2 Å². The summed E-state index contributed by atoms with van der Waals surface area (Å²) in [6.07, 6.45) is -0.317. The van der Waals surface area contributed by atoms with E-state index >= 15 is 0 Å². The molecule has 0 saturated heterocycles. The van der Waals surface area contributed by atoms with E-state index in [4.69, 9.17) is 20.1 Å². The van der Waals surface area contributed by atoms with Crippen molar-refractivity contribution in [3.05, 3.63) is 229 Å². The summed E-state index contributed by atoms with van der Waals surface area (Å²) in [5, 5.41) is 1.89. The molecule has 0 unspecified atom stereocenters. The van der Waals surface area contributed by atoms with Gasteiger partial charge in [-0.3, -0.25) is 4.57 Å². The van der Waals surface area contributed by atoms with Crippen LogP contribution >= 0.6 is 0 Å². The summed E-state index contributed by atoms with van der Waals surface area (Å²) in [7, 11) is 0. The Labute approximate surface area is 393 Å². The van der Waals surface area contributed by atoms with E-state index < -0.39 is 97.0 Å². The first kappa shape index (κ1) is 24.1. The van der Waals surface area contributed by atoms with Gasteiger partial charge in [-0.1, -0.05) is 166 Å². The summed E-state index contributed by atoms with van der Waals surface area (Å²) in [6, 6.07) is 24.0. The van der Waals surface area contributed by atoms with Gasteiger partial charge in [0.25, 0.3) is 0 Å². The highest BCUT2D eigenvalue weighted by atomic mass is 15.4. The van der Waals surface area contributed by atoms with E-state index in [1.807, 2.05) is 53.4 Å². The molecule has 0 saturated carbocycles. The van der Waals surface area contributed by atoms with E-state index in [2.05, 4.69) is 31.4 Å². The van der Waals surface area contributed by atoms with E-state index in [1.165, 1.54) is 12.1 Å². The number of anilines is 4. The Balaban J connectivity index is 1.13. The van der Waals surface area contributed by atoms with Gasteiger partial charge in [-0.15, -0.1) is 0 Å². The molecule has 0 bridgehead atoms. The second kappa shape index (κ2) is 15.6. The maximum absolute atomic E-state index is 9.87. The Morgan fingerprint density at radius 3 is 1.83 bits per heavy atom. The molecule has 0 spiro atoms. The van der Waals surface area contributed by atoms with Gasteiger partial charge < -0.3 is 9.80 Å². The molecule has 63 heavy (non-hydrogen) atoms. The number of hydrogen-bond donors (Lipinski definition) is 0. The topological polar surface area (TPSA) is 24.3 Å². The van der Waals surface area contributed by atoms with Gasteiger partial charge in [0, 0.05) is 36.5 Å². The number of para-hydroxylation sites is 3. The Morgan fingerprint density at radius 1 is 0.540 bits per heavy atom. The fourth-order valence-electron chi connectivity index (χ4n) is 8.46. The smallest absolute Gasteiger partial charge is 0.137 e. The van der Waals surface area contributed by atoms with E-state index in [1.54, 1.807) is 59.6 Å². The Hall–Kier alpha value is -7.69. The number of pyridine rings is 1. The minimum Gasteiger partial charge on any atom is -0.321 e. The van der Waals surface area contributed by atoms with Crippen molar-refractivity contribution in [1.82, 2.24) is 9.55 Å². The number of nitrogens with zero attached hydrogens (tertiary/aromatic N) is 4. The van der Waals surface area contributed by atoms with Crippen LogP contribution in [0.4, 0.5) is 22.7 Å². The van der Waals surface area contributed by atoms with Crippen molar-refractivity contribution in [1.29, 1.82) is 0 Å². The molecule has 4 heteroatoms. The van der Waals surface area contributed by atoms with E-state index in [-0.39, 0.29) is 51.2 Å². The van der Waals surface area contributed by atoms with Crippen LogP contribution in [0.1, 0.15) is 60.8 Å². The highest BCUT2D eigenvalue weighted by Crippen LogP contribution is 2.51. The maximum atomic E-state index is 9.87. The Bertz CT molecular complexity index is 4100. The summed E-state index contributed by atoms with van der Waals surface area (Å²) in [5.41, 5.74) is 3.18. The summed E-state index contributed by atoms with van der Waals surface area (Å²) >= 11 is 0. The van der Waals surface area contributed by atoms with Gasteiger partial charge in [0.1, 0.15) is 12.5 Å². The van der Waals surface area contributed by atoms with Crippen LogP contribution in [0.15, 0.2) is 212 Å². The minimum absolute atomic E-state index is 0.00849. The van der Waals surface area contributed by atoms with Crippen LogP contribution in [0.2, 0.25) is 0 Å². The largest absolute Gasteiger partial charge is 0.321 e. The van der Waals surface area contributed by atoms with Crippen molar-refractivity contribution >= 4 is 44.6 Å². The molecule has 0 aliphatic carbocycles. The fraction of sp³-hybridized carbons (Fsp3) is 0.102. The lowest BCUT2D eigenvalue weighted by Crippen LogP contribution is -2.25. The van der Waals surface area contributed by atoms with E-state index in [9.17, 15) is 8.22 Å². The van der Waals surface area contributed by atoms with E-state index in [0.29, 0.717) is 34.0 Å². The highest BCUT2D eigenvalue weighted by molar-refractivity contribution is 6.09. The van der Waals surface area contributed by atoms with Crippen LogP contribution in [0.25, 0.3) is 61.0 Å². The molecule has 304 valence electrons. The van der Waals surface area contributed by atoms with Gasteiger partial charge in [0.15, 0.2) is 0 Å². The average molecular weight is 830 g/mol. The van der Waals surface area contributed by atoms with Crippen LogP contribution in [0, 0.1) is 0 Å². The van der Waals surface area contributed by atoms with Gasteiger partial charge >= 0.3 is 0 Å². The van der Waals surface area contributed by atoms with Crippen LogP contribution < -0.4 is 9.80 Å². The Morgan fingerprint density at radius 2 is 1.14 bits per heavy atom. The number of rotatable bonds is 8. The summed E-state index contributed by atoms with van der Waals surface area (Å²) in [5.74, 6) is 0.689. The van der Waals surface area contributed by atoms with Gasteiger partial charge in [0.2, 0.25) is 0 Å². The lowest BCUT2D eigenvalue weighted by atomic mass is 9.88. The van der Waals surface area contributed by atoms with E-state index in [0.717, 1.165) is 27.4 Å². The van der Waals surface area contributed by atoms with Crippen LogP contribution in [0.3, 0.4) is 0 Å². The molecule has 4 nitrogen and oxygen atoms in total. The zero-order valence-electron chi connectivity index (χ0n) is 51.5. The highest BCUT2D eigenvalue weighted by Gasteiger charge is 2.32. The normalized spacial score (nSPS) is 16.7. The minimum atomic E-state index is -2.10. The zero-order chi connectivity index (χ0) is 57.3. The molecule has 1 aliphatic heterocycles. The first-order valence-electron chi connectivity index (χ1n) is 29.0. The SMILES string of the molecule is [2H]c1c([2H])c([2H])c(-c2cc(-c3c([2H])c([2H])c([2H])c([2H])c3[2H])c(N3CN(c4cccc(C([2H])([2H])c5ccc6c7ccccc7n(-c7cc(C(C)(C)C)ccn7)c6c5)c4)c4ccccc43)c(-c3c([2H])c([2H])c([2H])c([2H])c3[2H])c2)c([2H])c1[2H]. The van der Waals surface area contributed by atoms with Crippen molar-refractivity contribution in [2.75, 3.05) is 16.5 Å². The van der Waals surface area contributed by atoms with Crippen molar-refractivity contribution < 1.29 is 23.3 Å². The molecule has 0 radical (unpaired) electrons.